The van der Waals surface area contributed by atoms with E-state index in [2.05, 4.69) is 21.1 Å². The maximum absolute atomic E-state index is 13.4. The fourth-order valence-electron chi connectivity index (χ4n) is 4.16. The normalized spacial score (nSPS) is 15.1. The number of aromatic nitrogens is 1. The lowest BCUT2D eigenvalue weighted by atomic mass is 10.0. The average molecular weight is 546 g/mol. The van der Waals surface area contributed by atoms with E-state index in [4.69, 9.17) is 9.57 Å². The van der Waals surface area contributed by atoms with E-state index in [-0.39, 0.29) is 31.4 Å². The van der Waals surface area contributed by atoms with Gasteiger partial charge in [-0.1, -0.05) is 12.1 Å². The van der Waals surface area contributed by atoms with Gasteiger partial charge >= 0.3 is 0 Å². The molecule has 0 radical (unpaired) electrons. The highest BCUT2D eigenvalue weighted by molar-refractivity contribution is 5.99. The van der Waals surface area contributed by atoms with Crippen LogP contribution in [0.3, 0.4) is 0 Å². The summed E-state index contributed by atoms with van der Waals surface area (Å²) in [6.45, 7) is 1.28. The van der Waals surface area contributed by atoms with E-state index >= 15 is 0 Å². The Morgan fingerprint density at radius 3 is 2.35 bits per heavy atom. The molecule has 4 N–H and O–H groups in total. The molecule has 1 aliphatic rings. The van der Waals surface area contributed by atoms with Crippen molar-refractivity contribution in [1.29, 1.82) is 0 Å². The van der Waals surface area contributed by atoms with Crippen LogP contribution >= 0.6 is 0 Å². The van der Waals surface area contributed by atoms with Crippen LogP contribution in [0.1, 0.15) is 23.7 Å². The van der Waals surface area contributed by atoms with Gasteiger partial charge in [0.05, 0.1) is 12.8 Å². The third-order valence-electron chi connectivity index (χ3n) is 6.09. The van der Waals surface area contributed by atoms with E-state index in [0.29, 0.717) is 22.7 Å². The molecule has 0 saturated carbocycles. The summed E-state index contributed by atoms with van der Waals surface area (Å²) in [7, 11) is 1.45. The second-order valence-electron chi connectivity index (χ2n) is 9.12. The average Bonchev–Trinajstić information content (AvgIpc) is 3.39. The van der Waals surface area contributed by atoms with Crippen LogP contribution in [0.15, 0.2) is 85.0 Å². The molecule has 2 atom stereocenters. The van der Waals surface area contributed by atoms with Crippen molar-refractivity contribution < 1.29 is 29.1 Å². The number of carbonyl (C=O) groups is 3. The fourth-order valence-corrected chi connectivity index (χ4v) is 4.16. The zero-order valence-electron chi connectivity index (χ0n) is 22.2. The Balaban J connectivity index is 1.34. The number of amides is 3. The number of benzene rings is 2. The number of anilines is 1. The van der Waals surface area contributed by atoms with Gasteiger partial charge in [-0.3, -0.25) is 29.7 Å². The van der Waals surface area contributed by atoms with Gasteiger partial charge in [-0.15, -0.1) is 0 Å². The molecule has 3 aromatic rings. The lowest BCUT2D eigenvalue weighted by molar-refractivity contribution is -0.125. The molecule has 2 heterocycles. The third kappa shape index (κ3) is 7.43. The number of aliphatic hydroxyl groups excluding tert-OH is 1. The molecule has 11 nitrogen and oxygen atoms in total. The number of nitrogens with zero attached hydrogens (tertiary/aromatic N) is 2. The van der Waals surface area contributed by atoms with Crippen molar-refractivity contribution in [3.63, 3.8) is 0 Å². The zero-order chi connectivity index (χ0) is 28.5. The molecule has 0 saturated heterocycles. The van der Waals surface area contributed by atoms with Crippen molar-refractivity contribution in [3.05, 3.63) is 90.5 Å². The molecule has 0 spiro atoms. The minimum atomic E-state index is -0.991. The Morgan fingerprint density at radius 2 is 1.70 bits per heavy atom. The second kappa shape index (κ2) is 13.4. The van der Waals surface area contributed by atoms with Gasteiger partial charge in [-0.05, 0) is 59.7 Å². The largest absolute Gasteiger partial charge is 0.491 e. The number of rotatable bonds is 11. The highest BCUT2D eigenvalue weighted by atomic mass is 16.6. The van der Waals surface area contributed by atoms with Crippen LogP contribution in [0.25, 0.3) is 11.1 Å². The van der Waals surface area contributed by atoms with E-state index in [1.807, 2.05) is 24.3 Å². The minimum absolute atomic E-state index is 0.0639. The second-order valence-corrected chi connectivity index (χ2v) is 9.12. The summed E-state index contributed by atoms with van der Waals surface area (Å²) in [5, 5.41) is 15.7. The van der Waals surface area contributed by atoms with E-state index < -0.39 is 18.1 Å². The van der Waals surface area contributed by atoms with Crippen molar-refractivity contribution >= 4 is 23.4 Å². The molecule has 3 amide bonds. The molecule has 1 aromatic heterocycles. The standard InChI is InChI=1S/C29H31N5O6/c1-19(35)32-23-7-9-26(10-8-23)40-18-25(36)16-31-28(37)27-15-24(33-39-2)17-34(27)29(38)22-5-3-20(4-6-22)21-11-13-30-14-12-21/h3-14,17,25,27,33,36H,15-16,18H2,1-2H3,(H,31,37)(H,32,35). The number of aliphatic hydroxyl groups is 1. The summed E-state index contributed by atoms with van der Waals surface area (Å²) in [5.41, 5.74) is 6.23. The summed E-state index contributed by atoms with van der Waals surface area (Å²) in [6, 6.07) is 16.7. The summed E-state index contributed by atoms with van der Waals surface area (Å²) in [5.74, 6) is -0.450. The topological polar surface area (TPSA) is 142 Å². The summed E-state index contributed by atoms with van der Waals surface area (Å²) in [6.07, 6.45) is 4.18. The van der Waals surface area contributed by atoms with Gasteiger partial charge in [0, 0.05) is 49.7 Å². The SMILES string of the molecule is CONC1=CN(C(=O)c2ccc(-c3ccncc3)cc2)C(C(=O)NCC(O)COc2ccc(NC(C)=O)cc2)C1. The highest BCUT2D eigenvalue weighted by Crippen LogP contribution is 2.25. The molecule has 0 aliphatic carbocycles. The smallest absolute Gasteiger partial charge is 0.258 e. The number of carbonyl (C=O) groups excluding carboxylic acids is 3. The lowest BCUT2D eigenvalue weighted by Crippen LogP contribution is -2.47. The van der Waals surface area contributed by atoms with Crippen LogP contribution in [0.2, 0.25) is 0 Å². The first-order chi connectivity index (χ1) is 19.3. The Bertz CT molecular complexity index is 1350. The highest BCUT2D eigenvalue weighted by Gasteiger charge is 2.35. The van der Waals surface area contributed by atoms with E-state index in [1.54, 1.807) is 55.0 Å². The Hall–Kier alpha value is -4.74. The van der Waals surface area contributed by atoms with Crippen molar-refractivity contribution in [1.82, 2.24) is 20.7 Å². The number of hydrogen-bond donors (Lipinski definition) is 4. The predicted molar refractivity (Wildman–Crippen MR) is 148 cm³/mol. The van der Waals surface area contributed by atoms with Crippen LogP contribution in [-0.4, -0.2) is 65.1 Å². The van der Waals surface area contributed by atoms with Gasteiger partial charge in [0.15, 0.2) is 0 Å². The van der Waals surface area contributed by atoms with E-state index in [1.165, 1.54) is 18.9 Å². The van der Waals surface area contributed by atoms with E-state index in [0.717, 1.165) is 11.1 Å². The molecule has 0 bridgehead atoms. The quantitative estimate of drug-likeness (QED) is 0.269. The first-order valence-corrected chi connectivity index (χ1v) is 12.6. The number of hydrogen-bond acceptors (Lipinski definition) is 8. The fraction of sp³-hybridized carbons (Fsp3) is 0.241. The van der Waals surface area contributed by atoms with Crippen molar-refractivity contribution in [2.24, 2.45) is 0 Å². The molecule has 2 aromatic carbocycles. The first-order valence-electron chi connectivity index (χ1n) is 12.6. The summed E-state index contributed by atoms with van der Waals surface area (Å²) < 4.78 is 5.57. The van der Waals surface area contributed by atoms with Gasteiger partial charge in [0.1, 0.15) is 24.5 Å². The molecule has 208 valence electrons. The van der Waals surface area contributed by atoms with Gasteiger partial charge in [-0.25, -0.2) is 0 Å². The number of ether oxygens (including phenoxy) is 1. The molecular weight excluding hydrogens is 514 g/mol. The van der Waals surface area contributed by atoms with E-state index in [9.17, 15) is 19.5 Å². The predicted octanol–water partition coefficient (Wildman–Crippen LogP) is 2.47. The molecule has 11 heteroatoms. The van der Waals surface area contributed by atoms with Crippen molar-refractivity contribution in [2.75, 3.05) is 25.6 Å². The molecule has 40 heavy (non-hydrogen) atoms. The molecule has 0 fully saturated rings. The number of hydroxylamine groups is 1. The van der Waals surface area contributed by atoms with Crippen LogP contribution < -0.4 is 20.9 Å². The molecule has 4 rings (SSSR count). The van der Waals surface area contributed by atoms with Gasteiger partial charge in [-0.2, -0.15) is 0 Å². The van der Waals surface area contributed by atoms with Gasteiger partial charge in [0.2, 0.25) is 11.8 Å². The van der Waals surface area contributed by atoms with Crippen LogP contribution in [0.4, 0.5) is 5.69 Å². The molecule has 1 aliphatic heterocycles. The van der Waals surface area contributed by atoms with Crippen molar-refractivity contribution in [3.8, 4) is 16.9 Å². The maximum Gasteiger partial charge on any atom is 0.258 e. The Labute approximate surface area is 231 Å². The Kier molecular flexibility index (Phi) is 9.44. The van der Waals surface area contributed by atoms with Crippen LogP contribution in [-0.2, 0) is 14.4 Å². The summed E-state index contributed by atoms with van der Waals surface area (Å²) >= 11 is 0. The van der Waals surface area contributed by atoms with Gasteiger partial charge < -0.3 is 25.4 Å². The third-order valence-corrected chi connectivity index (χ3v) is 6.09. The number of pyridine rings is 1. The Morgan fingerprint density at radius 1 is 1.02 bits per heavy atom. The molecular formula is C29H31N5O6. The maximum atomic E-state index is 13.4. The minimum Gasteiger partial charge on any atom is -0.491 e. The zero-order valence-corrected chi connectivity index (χ0v) is 22.2. The van der Waals surface area contributed by atoms with Crippen molar-refractivity contribution in [2.45, 2.75) is 25.5 Å². The lowest BCUT2D eigenvalue weighted by Gasteiger charge is -2.23. The van der Waals surface area contributed by atoms with Crippen LogP contribution in [0, 0.1) is 0 Å². The molecule has 2 unspecified atom stereocenters. The summed E-state index contributed by atoms with van der Waals surface area (Å²) in [4.78, 5) is 47.9. The monoisotopic (exact) mass is 545 g/mol. The van der Waals surface area contributed by atoms with Gasteiger partial charge in [0.25, 0.3) is 5.91 Å². The number of nitrogens with one attached hydrogen (secondary N) is 3. The van der Waals surface area contributed by atoms with Crippen LogP contribution in [0.5, 0.6) is 5.75 Å². The first kappa shape index (κ1) is 28.3.